The number of carboxylic acid groups (broad SMARTS) is 1. The second-order valence-electron chi connectivity index (χ2n) is 5.94. The molecule has 5 nitrogen and oxygen atoms in total. The average molecular weight is 268 g/mol. The van der Waals surface area contributed by atoms with E-state index in [1.807, 2.05) is 4.90 Å². The van der Waals surface area contributed by atoms with Gasteiger partial charge in [0.1, 0.15) is 0 Å². The number of carbonyl (C=O) groups excluding carboxylic acids is 1. The summed E-state index contributed by atoms with van der Waals surface area (Å²) in [5, 5.41) is 11.9. The van der Waals surface area contributed by atoms with Crippen molar-refractivity contribution in [2.45, 2.75) is 45.4 Å². The van der Waals surface area contributed by atoms with Gasteiger partial charge in [-0.3, -0.25) is 4.79 Å². The highest BCUT2D eigenvalue weighted by Crippen LogP contribution is 2.45. The molecule has 0 aromatic rings. The number of urea groups is 1. The molecule has 1 heterocycles. The molecule has 1 saturated heterocycles. The highest BCUT2D eigenvalue weighted by Gasteiger charge is 2.50. The zero-order chi connectivity index (χ0) is 13.9. The molecule has 0 radical (unpaired) electrons. The third-order valence-electron chi connectivity index (χ3n) is 4.60. The van der Waals surface area contributed by atoms with Crippen LogP contribution in [0, 0.1) is 11.3 Å². The molecule has 1 atom stereocenters. The van der Waals surface area contributed by atoms with Crippen molar-refractivity contribution < 1.29 is 14.7 Å². The number of hydrogen-bond acceptors (Lipinski definition) is 2. The van der Waals surface area contributed by atoms with E-state index in [1.165, 1.54) is 12.8 Å². The minimum Gasteiger partial charge on any atom is -0.481 e. The molecule has 2 amide bonds. The van der Waals surface area contributed by atoms with Gasteiger partial charge >= 0.3 is 12.0 Å². The number of carboxylic acids is 1. The second kappa shape index (κ2) is 5.80. The lowest BCUT2D eigenvalue weighted by molar-refractivity contribution is -0.143. The number of carbonyl (C=O) groups is 2. The lowest BCUT2D eigenvalue weighted by Gasteiger charge is -2.22. The number of nitrogens with one attached hydrogen (secondary N) is 1. The van der Waals surface area contributed by atoms with Crippen molar-refractivity contribution in [1.29, 1.82) is 0 Å². The summed E-state index contributed by atoms with van der Waals surface area (Å²) in [6, 6.07) is -0.0933. The molecule has 2 rings (SSSR count). The number of rotatable bonds is 4. The molecule has 0 spiro atoms. The van der Waals surface area contributed by atoms with Crippen LogP contribution in [0.2, 0.25) is 0 Å². The van der Waals surface area contributed by atoms with Gasteiger partial charge in [0.05, 0.1) is 5.41 Å². The molecular weight excluding hydrogens is 244 g/mol. The Bertz CT molecular complexity index is 353. The normalized spacial score (nSPS) is 25.5. The highest BCUT2D eigenvalue weighted by molar-refractivity contribution is 5.80. The SMILES string of the molecule is CCC1CCCN(C(=O)NCC2(C(=O)O)CC2)CC1. The van der Waals surface area contributed by atoms with Crippen LogP contribution in [-0.2, 0) is 4.79 Å². The van der Waals surface area contributed by atoms with Gasteiger partial charge in [-0.05, 0) is 38.0 Å². The van der Waals surface area contributed by atoms with E-state index in [2.05, 4.69) is 12.2 Å². The largest absolute Gasteiger partial charge is 0.481 e. The lowest BCUT2D eigenvalue weighted by Crippen LogP contribution is -2.44. The topological polar surface area (TPSA) is 69.6 Å². The third-order valence-corrected chi connectivity index (χ3v) is 4.60. The lowest BCUT2D eigenvalue weighted by atomic mass is 9.98. The maximum absolute atomic E-state index is 12.1. The van der Waals surface area contributed by atoms with Crippen LogP contribution in [0.25, 0.3) is 0 Å². The van der Waals surface area contributed by atoms with E-state index in [0.717, 1.165) is 31.8 Å². The maximum atomic E-state index is 12.1. The van der Waals surface area contributed by atoms with Gasteiger partial charge in [0.2, 0.25) is 0 Å². The Morgan fingerprint density at radius 2 is 2.05 bits per heavy atom. The fourth-order valence-electron chi connectivity index (χ4n) is 2.75. The van der Waals surface area contributed by atoms with Gasteiger partial charge in [0.25, 0.3) is 0 Å². The fraction of sp³-hybridized carbons (Fsp3) is 0.857. The van der Waals surface area contributed by atoms with E-state index >= 15 is 0 Å². The standard InChI is InChI=1S/C14H24N2O3/c1-2-11-4-3-8-16(9-5-11)13(19)15-10-14(6-7-14)12(17)18/h11H,2-10H2,1H3,(H,15,19)(H,17,18). The molecule has 108 valence electrons. The summed E-state index contributed by atoms with van der Waals surface area (Å²) < 4.78 is 0. The average Bonchev–Trinajstić information content (AvgIpc) is 3.20. The Hall–Kier alpha value is -1.26. The molecule has 1 aliphatic heterocycles. The van der Waals surface area contributed by atoms with Gasteiger partial charge in [-0.15, -0.1) is 0 Å². The van der Waals surface area contributed by atoms with Crippen LogP contribution in [0.4, 0.5) is 4.79 Å². The summed E-state index contributed by atoms with van der Waals surface area (Å²) in [7, 11) is 0. The Labute approximate surface area is 114 Å². The summed E-state index contributed by atoms with van der Waals surface area (Å²) in [6.45, 7) is 4.06. The Balaban J connectivity index is 1.78. The van der Waals surface area contributed by atoms with E-state index in [-0.39, 0.29) is 12.6 Å². The minimum absolute atomic E-state index is 0.0933. The van der Waals surface area contributed by atoms with Crippen molar-refractivity contribution >= 4 is 12.0 Å². The van der Waals surface area contributed by atoms with Crippen molar-refractivity contribution in [3.05, 3.63) is 0 Å². The van der Waals surface area contributed by atoms with Gasteiger partial charge in [0, 0.05) is 19.6 Å². The van der Waals surface area contributed by atoms with Crippen molar-refractivity contribution in [2.24, 2.45) is 11.3 Å². The molecule has 19 heavy (non-hydrogen) atoms. The van der Waals surface area contributed by atoms with E-state index < -0.39 is 11.4 Å². The molecular formula is C14H24N2O3. The van der Waals surface area contributed by atoms with Crippen LogP contribution in [-0.4, -0.2) is 41.6 Å². The Morgan fingerprint density at radius 3 is 2.63 bits per heavy atom. The first kappa shape index (κ1) is 14.2. The molecule has 2 N–H and O–H groups in total. The van der Waals surface area contributed by atoms with Crippen molar-refractivity contribution in [3.63, 3.8) is 0 Å². The van der Waals surface area contributed by atoms with Crippen LogP contribution < -0.4 is 5.32 Å². The van der Waals surface area contributed by atoms with Crippen LogP contribution in [0.5, 0.6) is 0 Å². The van der Waals surface area contributed by atoms with Gasteiger partial charge in [0.15, 0.2) is 0 Å². The first-order valence-corrected chi connectivity index (χ1v) is 7.33. The molecule has 0 aromatic heterocycles. The van der Waals surface area contributed by atoms with Crippen LogP contribution in [0.1, 0.15) is 45.4 Å². The summed E-state index contributed by atoms with van der Waals surface area (Å²) in [5.41, 5.74) is -0.673. The smallest absolute Gasteiger partial charge is 0.317 e. The number of nitrogens with zero attached hydrogens (tertiary/aromatic N) is 1. The Kier molecular flexibility index (Phi) is 4.32. The number of amides is 2. The van der Waals surface area contributed by atoms with Gasteiger partial charge in [-0.1, -0.05) is 13.3 Å². The van der Waals surface area contributed by atoms with E-state index in [4.69, 9.17) is 5.11 Å². The summed E-state index contributed by atoms with van der Waals surface area (Å²) in [5.74, 6) is -0.0543. The molecule has 0 bridgehead atoms. The molecule has 5 heteroatoms. The molecule has 2 aliphatic rings. The predicted molar refractivity (Wildman–Crippen MR) is 71.9 cm³/mol. The van der Waals surface area contributed by atoms with Crippen molar-refractivity contribution in [1.82, 2.24) is 10.2 Å². The second-order valence-corrected chi connectivity index (χ2v) is 5.94. The third kappa shape index (κ3) is 3.39. The summed E-state index contributed by atoms with van der Waals surface area (Å²) in [4.78, 5) is 24.9. The number of likely N-dealkylation sites (tertiary alicyclic amines) is 1. The summed E-state index contributed by atoms with van der Waals surface area (Å²) >= 11 is 0. The van der Waals surface area contributed by atoms with Gasteiger partial charge in [-0.2, -0.15) is 0 Å². The van der Waals surface area contributed by atoms with Crippen LogP contribution in [0.3, 0.4) is 0 Å². The fourth-order valence-corrected chi connectivity index (χ4v) is 2.75. The van der Waals surface area contributed by atoms with E-state index in [0.29, 0.717) is 12.8 Å². The monoisotopic (exact) mass is 268 g/mol. The minimum atomic E-state index is -0.783. The van der Waals surface area contributed by atoms with Crippen LogP contribution in [0.15, 0.2) is 0 Å². The van der Waals surface area contributed by atoms with Gasteiger partial charge < -0.3 is 15.3 Å². The van der Waals surface area contributed by atoms with E-state index in [1.54, 1.807) is 0 Å². The van der Waals surface area contributed by atoms with E-state index in [9.17, 15) is 9.59 Å². The van der Waals surface area contributed by atoms with Gasteiger partial charge in [-0.25, -0.2) is 4.79 Å². The molecule has 2 fully saturated rings. The zero-order valence-electron chi connectivity index (χ0n) is 11.7. The first-order valence-electron chi connectivity index (χ1n) is 7.33. The quantitative estimate of drug-likeness (QED) is 0.820. The van der Waals surface area contributed by atoms with Crippen molar-refractivity contribution in [3.8, 4) is 0 Å². The molecule has 1 unspecified atom stereocenters. The molecule has 1 saturated carbocycles. The molecule has 1 aliphatic carbocycles. The predicted octanol–water partition coefficient (Wildman–Crippen LogP) is 2.07. The Morgan fingerprint density at radius 1 is 1.32 bits per heavy atom. The number of hydrogen-bond donors (Lipinski definition) is 2. The van der Waals surface area contributed by atoms with Crippen LogP contribution >= 0.6 is 0 Å². The highest BCUT2D eigenvalue weighted by atomic mass is 16.4. The number of aliphatic carboxylic acids is 1. The first-order chi connectivity index (χ1) is 9.07. The maximum Gasteiger partial charge on any atom is 0.317 e. The molecule has 0 aromatic carbocycles. The van der Waals surface area contributed by atoms with Crippen molar-refractivity contribution in [2.75, 3.05) is 19.6 Å². The summed E-state index contributed by atoms with van der Waals surface area (Å²) in [6.07, 6.45) is 5.85. The zero-order valence-corrected chi connectivity index (χ0v) is 11.7.